The Morgan fingerprint density at radius 2 is 1.86 bits per heavy atom. The van der Waals surface area contributed by atoms with Gasteiger partial charge in [0, 0.05) is 32.6 Å². The molecule has 2 N–H and O–H groups in total. The molecular weight excluding hydrogens is 589 g/mol. The standard InChI is InChI=1S/C32H46FN3O7S/c1-7-8-9-15-42-26-18-24(17-25(33)20-26)19-28(34-23(3)37)30(38)29-21-35(13-14-36(29)31(39)43-32(4,5)6)44(40,41)27-12-10-11-22(2)16-27/h10-12,16-18,20,28-30,38H,7-9,13-15,19,21H2,1-6H3,(H,34,37)/t28-,29+,30-/m0/s1. The van der Waals surface area contributed by atoms with Crippen LogP contribution < -0.4 is 10.1 Å². The Kier molecular flexibility index (Phi) is 12.2. The number of ether oxygens (including phenoxy) is 2. The highest BCUT2D eigenvalue weighted by Crippen LogP contribution is 2.26. The first-order valence-electron chi connectivity index (χ1n) is 15.0. The van der Waals surface area contributed by atoms with Crippen molar-refractivity contribution in [1.82, 2.24) is 14.5 Å². The summed E-state index contributed by atoms with van der Waals surface area (Å²) in [6.07, 6.45) is 0.639. The monoisotopic (exact) mass is 635 g/mol. The molecule has 2 aromatic rings. The molecule has 0 radical (unpaired) electrons. The molecule has 0 aromatic heterocycles. The highest BCUT2D eigenvalue weighted by molar-refractivity contribution is 7.89. The number of aliphatic hydroxyl groups is 1. The Morgan fingerprint density at radius 3 is 2.50 bits per heavy atom. The van der Waals surface area contributed by atoms with Crippen LogP contribution in [0.3, 0.4) is 0 Å². The van der Waals surface area contributed by atoms with Gasteiger partial charge in [0.1, 0.15) is 17.2 Å². The molecule has 0 unspecified atom stereocenters. The zero-order valence-corrected chi connectivity index (χ0v) is 27.3. The van der Waals surface area contributed by atoms with E-state index in [9.17, 15) is 27.5 Å². The topological polar surface area (TPSA) is 125 Å². The maximum atomic E-state index is 14.6. The predicted octanol–water partition coefficient (Wildman–Crippen LogP) is 4.42. The Bertz CT molecular complexity index is 1400. The third kappa shape index (κ3) is 9.90. The molecule has 3 rings (SSSR count). The molecular formula is C32H46FN3O7S. The minimum Gasteiger partial charge on any atom is -0.493 e. The average molecular weight is 636 g/mol. The van der Waals surface area contributed by atoms with Crippen LogP contribution in [0.15, 0.2) is 47.4 Å². The van der Waals surface area contributed by atoms with Crippen LogP contribution in [0.4, 0.5) is 9.18 Å². The third-order valence-electron chi connectivity index (χ3n) is 7.24. The fourth-order valence-electron chi connectivity index (χ4n) is 5.17. The number of nitrogens with one attached hydrogen (secondary N) is 1. The number of nitrogens with zero attached hydrogens (tertiary/aromatic N) is 2. The van der Waals surface area contributed by atoms with Crippen molar-refractivity contribution in [3.05, 3.63) is 59.4 Å². The number of aryl methyl sites for hydroxylation is 1. The summed E-state index contributed by atoms with van der Waals surface area (Å²) in [5.41, 5.74) is 0.380. The van der Waals surface area contributed by atoms with E-state index in [1.54, 1.807) is 52.0 Å². The number of sulfonamides is 1. The lowest BCUT2D eigenvalue weighted by Crippen LogP contribution is -2.64. The molecule has 0 aliphatic carbocycles. The molecule has 1 saturated heterocycles. The number of carbonyl (C=O) groups excluding carboxylic acids is 2. The lowest BCUT2D eigenvalue weighted by atomic mass is 9.94. The van der Waals surface area contributed by atoms with Gasteiger partial charge in [-0.2, -0.15) is 4.31 Å². The van der Waals surface area contributed by atoms with Crippen molar-refractivity contribution < 1.29 is 37.0 Å². The van der Waals surface area contributed by atoms with Gasteiger partial charge in [-0.3, -0.25) is 9.69 Å². The Balaban J connectivity index is 1.94. The van der Waals surface area contributed by atoms with Crippen LogP contribution in [-0.4, -0.2) is 84.8 Å². The maximum absolute atomic E-state index is 14.6. The van der Waals surface area contributed by atoms with Gasteiger partial charge in [-0.15, -0.1) is 0 Å². The number of hydrogen-bond acceptors (Lipinski definition) is 7. The van der Waals surface area contributed by atoms with Crippen molar-refractivity contribution in [2.45, 2.75) is 95.9 Å². The zero-order valence-electron chi connectivity index (χ0n) is 26.5. The van der Waals surface area contributed by atoms with Crippen molar-refractivity contribution in [1.29, 1.82) is 0 Å². The first kappa shape index (κ1) is 35.3. The van der Waals surface area contributed by atoms with E-state index >= 15 is 0 Å². The predicted molar refractivity (Wildman–Crippen MR) is 165 cm³/mol. The van der Waals surface area contributed by atoms with Gasteiger partial charge < -0.3 is 19.9 Å². The van der Waals surface area contributed by atoms with Crippen LogP contribution in [-0.2, 0) is 26.0 Å². The number of hydrogen-bond donors (Lipinski definition) is 2. The minimum atomic E-state index is -3.98. The quantitative estimate of drug-likeness (QED) is 0.331. The van der Waals surface area contributed by atoms with Crippen molar-refractivity contribution in [3.8, 4) is 5.75 Å². The molecule has 0 bridgehead atoms. The van der Waals surface area contributed by atoms with Gasteiger partial charge in [-0.1, -0.05) is 31.9 Å². The molecule has 2 amide bonds. The highest BCUT2D eigenvalue weighted by atomic mass is 32.2. The van der Waals surface area contributed by atoms with Gasteiger partial charge in [0.15, 0.2) is 0 Å². The second-order valence-corrected chi connectivity index (χ2v) is 14.2. The third-order valence-corrected chi connectivity index (χ3v) is 9.10. The van der Waals surface area contributed by atoms with Gasteiger partial charge in [0.25, 0.3) is 0 Å². The lowest BCUT2D eigenvalue weighted by Gasteiger charge is -2.44. The molecule has 3 atom stereocenters. The summed E-state index contributed by atoms with van der Waals surface area (Å²) in [6.45, 7) is 10.4. The van der Waals surface area contributed by atoms with Crippen molar-refractivity contribution in [2.75, 3.05) is 26.2 Å². The van der Waals surface area contributed by atoms with E-state index in [2.05, 4.69) is 12.2 Å². The van der Waals surface area contributed by atoms with Crippen LogP contribution in [0, 0.1) is 12.7 Å². The van der Waals surface area contributed by atoms with E-state index < -0.39 is 51.6 Å². The Labute approximate surface area is 260 Å². The van der Waals surface area contributed by atoms with Crippen molar-refractivity contribution in [2.24, 2.45) is 0 Å². The summed E-state index contributed by atoms with van der Waals surface area (Å²) in [5.74, 6) is -0.659. The molecule has 0 saturated carbocycles. The van der Waals surface area contributed by atoms with Gasteiger partial charge in [-0.25, -0.2) is 17.6 Å². The maximum Gasteiger partial charge on any atom is 0.410 e. The summed E-state index contributed by atoms with van der Waals surface area (Å²) < 4.78 is 54.4. The van der Waals surface area contributed by atoms with E-state index in [4.69, 9.17) is 9.47 Å². The fourth-order valence-corrected chi connectivity index (χ4v) is 6.73. The van der Waals surface area contributed by atoms with Gasteiger partial charge in [0.2, 0.25) is 15.9 Å². The van der Waals surface area contributed by atoms with Crippen LogP contribution in [0.25, 0.3) is 0 Å². The van der Waals surface area contributed by atoms with Gasteiger partial charge in [0.05, 0.1) is 29.7 Å². The Hall–Kier alpha value is -3.22. The number of aliphatic hydroxyl groups excluding tert-OH is 1. The van der Waals surface area contributed by atoms with E-state index in [1.807, 2.05) is 0 Å². The number of piperazine rings is 1. The first-order valence-corrected chi connectivity index (χ1v) is 16.5. The van der Waals surface area contributed by atoms with Crippen LogP contribution in [0.1, 0.15) is 65.0 Å². The number of carbonyl (C=O) groups is 2. The number of rotatable bonds is 12. The number of unbranched alkanes of at least 4 members (excludes halogenated alkanes) is 2. The first-order chi connectivity index (χ1) is 20.6. The van der Waals surface area contributed by atoms with Gasteiger partial charge in [-0.05, 0) is 75.9 Å². The molecule has 0 spiro atoms. The molecule has 12 heteroatoms. The molecule has 2 aromatic carbocycles. The SMILES string of the molecule is CCCCCOc1cc(F)cc(C[C@H](NC(C)=O)[C@H](O)[C@H]2CN(S(=O)(=O)c3cccc(C)c3)CCN2C(=O)OC(C)(C)C)c1. The van der Waals surface area contributed by atoms with E-state index in [1.165, 1.54) is 34.3 Å². The van der Waals surface area contributed by atoms with Crippen LogP contribution >= 0.6 is 0 Å². The second kappa shape index (κ2) is 15.2. The summed E-state index contributed by atoms with van der Waals surface area (Å²) in [6, 6.07) is 8.63. The molecule has 10 nitrogen and oxygen atoms in total. The number of benzene rings is 2. The van der Waals surface area contributed by atoms with Crippen molar-refractivity contribution in [3.63, 3.8) is 0 Å². The molecule has 1 aliphatic heterocycles. The average Bonchev–Trinajstić information content (AvgIpc) is 2.93. The van der Waals surface area contributed by atoms with E-state index in [-0.39, 0.29) is 31.0 Å². The zero-order chi connectivity index (χ0) is 32.7. The Morgan fingerprint density at radius 1 is 1.14 bits per heavy atom. The summed E-state index contributed by atoms with van der Waals surface area (Å²) in [7, 11) is -3.98. The fraction of sp³-hybridized carbons (Fsp3) is 0.562. The second-order valence-electron chi connectivity index (χ2n) is 12.3. The van der Waals surface area contributed by atoms with Gasteiger partial charge >= 0.3 is 6.09 Å². The van der Waals surface area contributed by atoms with Crippen LogP contribution in [0.2, 0.25) is 0 Å². The molecule has 44 heavy (non-hydrogen) atoms. The molecule has 1 fully saturated rings. The van der Waals surface area contributed by atoms with E-state index in [0.29, 0.717) is 17.9 Å². The summed E-state index contributed by atoms with van der Waals surface area (Å²) in [4.78, 5) is 27.0. The lowest BCUT2D eigenvalue weighted by molar-refractivity contribution is -0.121. The molecule has 1 aliphatic rings. The molecule has 244 valence electrons. The minimum absolute atomic E-state index is 0.00683. The number of amides is 2. The molecule has 1 heterocycles. The largest absolute Gasteiger partial charge is 0.493 e. The van der Waals surface area contributed by atoms with E-state index in [0.717, 1.165) is 24.8 Å². The summed E-state index contributed by atoms with van der Waals surface area (Å²) >= 11 is 0. The summed E-state index contributed by atoms with van der Waals surface area (Å²) in [5, 5.41) is 14.5. The smallest absolute Gasteiger partial charge is 0.410 e. The highest BCUT2D eigenvalue weighted by Gasteiger charge is 2.43. The number of halogens is 1. The normalized spacial score (nSPS) is 17.5. The van der Waals surface area contributed by atoms with Crippen LogP contribution in [0.5, 0.6) is 5.75 Å². The van der Waals surface area contributed by atoms with Crippen molar-refractivity contribution >= 4 is 22.0 Å².